The number of ether oxygens (including phenoxy) is 1. The number of carbonyl (C=O) groups is 3. The van der Waals surface area contributed by atoms with E-state index in [-0.39, 0.29) is 44.3 Å². The van der Waals surface area contributed by atoms with Crippen LogP contribution in [0.25, 0.3) is 0 Å². The Hall–Kier alpha value is -4.44. The van der Waals surface area contributed by atoms with Crippen LogP contribution < -0.4 is 21.1 Å². The van der Waals surface area contributed by atoms with Gasteiger partial charge in [-0.15, -0.1) is 11.3 Å². The molecule has 5 N–H and O–H groups in total. The molecule has 0 spiro atoms. The van der Waals surface area contributed by atoms with Crippen LogP contribution >= 0.6 is 46.1 Å². The highest BCUT2D eigenvalue weighted by Crippen LogP contribution is 2.35. The van der Waals surface area contributed by atoms with Gasteiger partial charge in [0, 0.05) is 40.8 Å². The standard InChI is InChI=1S/C25H19Cl3N6O3S.C2HF3O2/c1-37-18-9-16(27)8-17(24(35)33-19-3-2-15(26)11-31-19)21(18)34-25(36)22-20(28)14(12-38-22)10-32-23(29)13-4-6-30-7-5-13;3-2(4,5)1(6)7/h2-9,11-12H,10H2,1H3,(H2,29,32)(H,34,36)(H,31,33,35);(H,6,7). The Balaban J connectivity index is 0.000000707. The molecular formula is C27H20Cl3F3N6O5S. The summed E-state index contributed by atoms with van der Waals surface area (Å²) >= 11 is 19.7. The molecule has 0 unspecified atom stereocenters. The second kappa shape index (κ2) is 15.5. The molecule has 0 saturated heterocycles. The Bertz CT molecular complexity index is 1720. The number of nitrogens with zero attached hydrogens (tertiary/aromatic N) is 3. The van der Waals surface area contributed by atoms with Crippen LogP contribution in [0.4, 0.5) is 24.7 Å². The molecule has 4 rings (SSSR count). The number of pyridine rings is 2. The number of hydrogen-bond acceptors (Lipinski definition) is 8. The van der Waals surface area contributed by atoms with E-state index in [0.717, 1.165) is 16.9 Å². The molecular weight excluding hydrogens is 684 g/mol. The normalized spacial score (nSPS) is 11.2. The summed E-state index contributed by atoms with van der Waals surface area (Å²) in [6.07, 6.45) is -0.462. The Morgan fingerprint density at radius 2 is 1.71 bits per heavy atom. The molecule has 18 heteroatoms. The predicted octanol–water partition coefficient (Wildman–Crippen LogP) is 6.55. The summed E-state index contributed by atoms with van der Waals surface area (Å²) < 4.78 is 37.1. The quantitative estimate of drug-likeness (QED) is 0.118. The topological polar surface area (TPSA) is 169 Å². The number of nitrogens with one attached hydrogen (secondary N) is 2. The maximum absolute atomic E-state index is 13.2. The van der Waals surface area contributed by atoms with Crippen molar-refractivity contribution in [3.05, 3.63) is 97.0 Å². The van der Waals surface area contributed by atoms with Gasteiger partial charge in [0.2, 0.25) is 0 Å². The second-order valence-electron chi connectivity index (χ2n) is 8.44. The highest BCUT2D eigenvalue weighted by Gasteiger charge is 2.38. The van der Waals surface area contributed by atoms with Crippen LogP contribution in [0.3, 0.4) is 0 Å². The number of aliphatic carboxylic acids is 1. The molecule has 0 aliphatic heterocycles. The monoisotopic (exact) mass is 702 g/mol. The molecule has 0 saturated carbocycles. The molecule has 0 radical (unpaired) electrons. The lowest BCUT2D eigenvalue weighted by Crippen LogP contribution is -2.21. The van der Waals surface area contributed by atoms with Crippen LogP contribution in [-0.4, -0.2) is 52.0 Å². The number of nitrogens with two attached hydrogens (primary N) is 1. The fraction of sp³-hybridized carbons (Fsp3) is 0.111. The summed E-state index contributed by atoms with van der Waals surface area (Å²) in [4.78, 5) is 47.8. The number of alkyl halides is 3. The van der Waals surface area contributed by atoms with Crippen molar-refractivity contribution < 1.29 is 37.4 Å². The zero-order valence-corrected chi connectivity index (χ0v) is 25.7. The molecule has 11 nitrogen and oxygen atoms in total. The van der Waals surface area contributed by atoms with Gasteiger partial charge >= 0.3 is 12.1 Å². The maximum Gasteiger partial charge on any atom is 0.490 e. The molecule has 3 heterocycles. The van der Waals surface area contributed by atoms with Gasteiger partial charge in [0.25, 0.3) is 11.8 Å². The van der Waals surface area contributed by atoms with E-state index in [1.54, 1.807) is 36.0 Å². The van der Waals surface area contributed by atoms with E-state index in [1.807, 2.05) is 0 Å². The minimum atomic E-state index is -5.08. The molecule has 236 valence electrons. The van der Waals surface area contributed by atoms with Gasteiger partial charge in [-0.2, -0.15) is 13.2 Å². The number of anilines is 2. The van der Waals surface area contributed by atoms with Gasteiger partial charge in [-0.05, 0) is 35.7 Å². The zero-order chi connectivity index (χ0) is 33.3. The number of rotatable bonds is 8. The number of hydrogen-bond donors (Lipinski definition) is 4. The number of halogens is 6. The van der Waals surface area contributed by atoms with E-state index in [2.05, 4.69) is 25.6 Å². The lowest BCUT2D eigenvalue weighted by molar-refractivity contribution is -0.192. The Morgan fingerprint density at radius 3 is 2.29 bits per heavy atom. The average molecular weight is 704 g/mol. The number of methoxy groups -OCH3 is 1. The molecule has 2 amide bonds. The van der Waals surface area contributed by atoms with Crippen LogP contribution in [0.5, 0.6) is 5.75 Å². The highest BCUT2D eigenvalue weighted by molar-refractivity contribution is 7.13. The number of amidine groups is 1. The van der Waals surface area contributed by atoms with E-state index in [0.29, 0.717) is 16.4 Å². The molecule has 45 heavy (non-hydrogen) atoms. The molecule has 0 fully saturated rings. The summed E-state index contributed by atoms with van der Waals surface area (Å²) in [5.74, 6) is -3.12. The molecule has 1 aromatic carbocycles. The lowest BCUT2D eigenvalue weighted by Gasteiger charge is -2.15. The summed E-state index contributed by atoms with van der Waals surface area (Å²) in [5.41, 5.74) is 7.55. The first kappa shape index (κ1) is 35.0. The van der Waals surface area contributed by atoms with Crippen LogP contribution in [0.15, 0.2) is 65.4 Å². The van der Waals surface area contributed by atoms with Gasteiger partial charge in [0.15, 0.2) is 0 Å². The van der Waals surface area contributed by atoms with E-state index in [4.69, 9.17) is 55.2 Å². The first-order chi connectivity index (χ1) is 21.2. The number of carboxylic acids is 1. The van der Waals surface area contributed by atoms with E-state index in [9.17, 15) is 22.8 Å². The van der Waals surface area contributed by atoms with Crippen molar-refractivity contribution in [3.8, 4) is 5.75 Å². The van der Waals surface area contributed by atoms with E-state index < -0.39 is 24.0 Å². The Labute approximate surface area is 271 Å². The second-order valence-corrected chi connectivity index (χ2v) is 10.6. The van der Waals surface area contributed by atoms with Crippen LogP contribution in [0, 0.1) is 0 Å². The van der Waals surface area contributed by atoms with Crippen molar-refractivity contribution in [2.24, 2.45) is 10.7 Å². The summed E-state index contributed by atoms with van der Waals surface area (Å²) in [5, 5.41) is 15.1. The van der Waals surface area contributed by atoms with Crippen LogP contribution in [0.1, 0.15) is 31.2 Å². The fourth-order valence-electron chi connectivity index (χ4n) is 3.28. The summed E-state index contributed by atoms with van der Waals surface area (Å²) in [6.45, 7) is 0.169. The van der Waals surface area contributed by atoms with Crippen LogP contribution in [0.2, 0.25) is 15.1 Å². The highest BCUT2D eigenvalue weighted by atomic mass is 35.5. The maximum atomic E-state index is 13.2. The third-order valence-electron chi connectivity index (χ3n) is 5.38. The van der Waals surface area contributed by atoms with Gasteiger partial charge in [-0.1, -0.05) is 34.8 Å². The predicted molar refractivity (Wildman–Crippen MR) is 165 cm³/mol. The zero-order valence-electron chi connectivity index (χ0n) is 22.7. The van der Waals surface area contributed by atoms with E-state index in [1.165, 1.54) is 31.5 Å². The smallest absolute Gasteiger partial charge is 0.490 e. The number of thiophene rings is 1. The molecule has 0 aliphatic carbocycles. The fourth-order valence-corrected chi connectivity index (χ4v) is 4.84. The molecule has 4 aromatic rings. The lowest BCUT2D eigenvalue weighted by atomic mass is 10.1. The number of benzene rings is 1. The number of carbonyl (C=O) groups excluding carboxylic acids is 2. The van der Waals surface area contributed by atoms with E-state index >= 15 is 0 Å². The Morgan fingerprint density at radius 1 is 1.04 bits per heavy atom. The molecule has 0 atom stereocenters. The van der Waals surface area contributed by atoms with Gasteiger partial charge in [-0.3, -0.25) is 19.6 Å². The van der Waals surface area contributed by atoms with Crippen molar-refractivity contribution in [1.82, 2.24) is 9.97 Å². The number of aromatic nitrogens is 2. The summed E-state index contributed by atoms with van der Waals surface area (Å²) in [7, 11) is 1.39. The summed E-state index contributed by atoms with van der Waals surface area (Å²) in [6, 6.07) is 9.48. The van der Waals surface area contributed by atoms with Crippen molar-refractivity contribution in [2.45, 2.75) is 12.7 Å². The van der Waals surface area contributed by atoms with Gasteiger partial charge in [-0.25, -0.2) is 9.78 Å². The van der Waals surface area contributed by atoms with Gasteiger partial charge in [0.05, 0.1) is 35.0 Å². The number of aliphatic imine (C=N–C) groups is 1. The van der Waals surface area contributed by atoms with Crippen molar-refractivity contribution in [3.63, 3.8) is 0 Å². The first-order valence-electron chi connectivity index (χ1n) is 12.1. The minimum Gasteiger partial charge on any atom is -0.494 e. The molecule has 0 bridgehead atoms. The van der Waals surface area contributed by atoms with Crippen molar-refractivity contribution in [1.29, 1.82) is 0 Å². The largest absolute Gasteiger partial charge is 0.494 e. The minimum absolute atomic E-state index is 0.0575. The molecule has 3 aromatic heterocycles. The average Bonchev–Trinajstić information content (AvgIpc) is 3.37. The third kappa shape index (κ3) is 9.78. The third-order valence-corrected chi connectivity index (χ3v) is 7.40. The SMILES string of the molecule is COc1cc(Cl)cc(C(=O)Nc2ccc(Cl)cn2)c1NC(=O)c1scc(CN=C(N)c2ccncc2)c1Cl.O=C(O)C(F)(F)F. The van der Waals surface area contributed by atoms with Crippen LogP contribution in [-0.2, 0) is 11.3 Å². The number of amides is 2. The molecule has 0 aliphatic rings. The van der Waals surface area contributed by atoms with Crippen molar-refractivity contribution >= 4 is 81.3 Å². The van der Waals surface area contributed by atoms with Gasteiger partial charge < -0.3 is 26.2 Å². The Kier molecular flexibility index (Phi) is 12.1. The van der Waals surface area contributed by atoms with Gasteiger partial charge in [0.1, 0.15) is 22.3 Å². The number of carboxylic acid groups (broad SMARTS) is 1. The first-order valence-corrected chi connectivity index (χ1v) is 14.1. The van der Waals surface area contributed by atoms with Crippen molar-refractivity contribution in [2.75, 3.05) is 17.7 Å².